The molecule has 9 nitrogen and oxygen atoms in total. The van der Waals surface area contributed by atoms with Gasteiger partial charge in [0.15, 0.2) is 5.82 Å². The summed E-state index contributed by atoms with van der Waals surface area (Å²) >= 11 is 4.18. The second kappa shape index (κ2) is 7.75. The number of anilines is 1. The third-order valence-corrected chi connectivity index (χ3v) is 5.72. The molecule has 0 unspecified atom stereocenters. The molecule has 0 aliphatic carbocycles. The fraction of sp³-hybridized carbons (Fsp3) is 0.176. The summed E-state index contributed by atoms with van der Waals surface area (Å²) in [6, 6.07) is 3.15. The van der Waals surface area contributed by atoms with Gasteiger partial charge in [0.05, 0.1) is 23.3 Å². The Bertz CT molecular complexity index is 1390. The highest BCUT2D eigenvalue weighted by Gasteiger charge is 2.32. The van der Waals surface area contributed by atoms with Crippen molar-refractivity contribution in [2.45, 2.75) is 19.1 Å². The van der Waals surface area contributed by atoms with Crippen LogP contribution in [-0.2, 0) is 6.18 Å². The van der Waals surface area contributed by atoms with Gasteiger partial charge >= 0.3 is 11.9 Å². The first-order chi connectivity index (χ1) is 14.7. The lowest BCUT2D eigenvalue weighted by atomic mass is 10.1. The summed E-state index contributed by atoms with van der Waals surface area (Å²) in [5.74, 6) is 0.310. The Morgan fingerprint density at radius 1 is 1.35 bits per heavy atom. The lowest BCUT2D eigenvalue weighted by molar-refractivity contribution is -0.137. The van der Waals surface area contributed by atoms with Gasteiger partial charge in [-0.3, -0.25) is 0 Å². The minimum Gasteiger partial charge on any atom is -0.360 e. The van der Waals surface area contributed by atoms with Gasteiger partial charge in [-0.25, -0.2) is 14.8 Å². The predicted molar refractivity (Wildman–Crippen MR) is 109 cm³/mol. The van der Waals surface area contributed by atoms with Gasteiger partial charge in [-0.1, -0.05) is 11.3 Å². The molecule has 158 valence electrons. The highest BCUT2D eigenvalue weighted by molar-refractivity contribution is 9.10. The summed E-state index contributed by atoms with van der Waals surface area (Å²) in [6.45, 7) is 1.68. The molecule has 1 aromatic carbocycles. The number of rotatable bonds is 4. The number of H-pyrrole nitrogens is 1. The standard InChI is InChI=1S/C17H10BrF3N8OS/c1-7(14-24-6-25-29(14)16-23-5-9(4-22)31-16)26-13-10-2-8(17(19,20)21)3-11(18)12(10)27-15(30)28-13/h2-3,5-7H,1H3,(H2,26,27,28,30)/t7-/m0/s1. The summed E-state index contributed by atoms with van der Waals surface area (Å²) in [4.78, 5) is 26.9. The number of hydrogen-bond acceptors (Lipinski definition) is 8. The lowest BCUT2D eigenvalue weighted by Gasteiger charge is -2.16. The van der Waals surface area contributed by atoms with Gasteiger partial charge in [0.1, 0.15) is 23.1 Å². The van der Waals surface area contributed by atoms with Crippen LogP contribution in [0.1, 0.15) is 29.2 Å². The number of nitriles is 1. The van der Waals surface area contributed by atoms with Crippen molar-refractivity contribution in [2.75, 3.05) is 5.32 Å². The Morgan fingerprint density at radius 2 is 2.13 bits per heavy atom. The van der Waals surface area contributed by atoms with Crippen LogP contribution in [0.15, 0.2) is 33.9 Å². The normalized spacial score (nSPS) is 12.6. The SMILES string of the molecule is C[C@H](Nc1nc(=O)[nH]c2c(Br)cc(C(F)(F)F)cc12)c1ncnn1-c1ncc(C#N)s1. The van der Waals surface area contributed by atoms with Crippen LogP contribution in [0, 0.1) is 11.3 Å². The summed E-state index contributed by atoms with van der Waals surface area (Å²) in [6.07, 6.45) is -1.91. The lowest BCUT2D eigenvalue weighted by Crippen LogP contribution is -2.19. The fourth-order valence-electron chi connectivity index (χ4n) is 2.87. The van der Waals surface area contributed by atoms with Crippen LogP contribution in [0.5, 0.6) is 0 Å². The second-order valence-corrected chi connectivity index (χ2v) is 8.15. The second-order valence-electron chi connectivity index (χ2n) is 6.28. The summed E-state index contributed by atoms with van der Waals surface area (Å²) in [5, 5.41) is 16.5. The Balaban J connectivity index is 1.77. The van der Waals surface area contributed by atoms with Gasteiger partial charge in [0.25, 0.3) is 0 Å². The molecule has 2 N–H and O–H groups in total. The van der Waals surface area contributed by atoms with Crippen LogP contribution in [0.25, 0.3) is 16.0 Å². The average Bonchev–Trinajstić information content (AvgIpc) is 3.36. The van der Waals surface area contributed by atoms with Crippen molar-refractivity contribution >= 4 is 44.0 Å². The van der Waals surface area contributed by atoms with Crippen molar-refractivity contribution in [3.63, 3.8) is 0 Å². The molecule has 0 aliphatic rings. The van der Waals surface area contributed by atoms with Crippen molar-refractivity contribution in [1.82, 2.24) is 29.7 Å². The van der Waals surface area contributed by atoms with E-state index in [-0.39, 0.29) is 21.2 Å². The van der Waals surface area contributed by atoms with Gasteiger partial charge in [-0.15, -0.1) is 0 Å². The van der Waals surface area contributed by atoms with Crippen LogP contribution in [0.3, 0.4) is 0 Å². The number of alkyl halides is 3. The number of hydrogen-bond donors (Lipinski definition) is 2. The Hall–Kier alpha value is -3.31. The maximum Gasteiger partial charge on any atom is 0.416 e. The van der Waals surface area contributed by atoms with Gasteiger partial charge in [0, 0.05) is 9.86 Å². The smallest absolute Gasteiger partial charge is 0.360 e. The van der Waals surface area contributed by atoms with E-state index in [1.54, 1.807) is 6.92 Å². The zero-order chi connectivity index (χ0) is 22.3. The zero-order valence-electron chi connectivity index (χ0n) is 15.4. The number of halogens is 4. The topological polar surface area (TPSA) is 125 Å². The minimum atomic E-state index is -4.58. The molecule has 0 bridgehead atoms. The fourth-order valence-corrected chi connectivity index (χ4v) is 4.11. The van der Waals surface area contributed by atoms with E-state index in [2.05, 4.69) is 46.3 Å². The molecule has 4 rings (SSSR count). The third kappa shape index (κ3) is 4.01. The maximum absolute atomic E-state index is 13.3. The van der Waals surface area contributed by atoms with Crippen molar-refractivity contribution < 1.29 is 13.2 Å². The van der Waals surface area contributed by atoms with E-state index in [4.69, 9.17) is 5.26 Å². The van der Waals surface area contributed by atoms with Crippen LogP contribution >= 0.6 is 27.3 Å². The highest BCUT2D eigenvalue weighted by atomic mass is 79.9. The number of thiazole rings is 1. The highest BCUT2D eigenvalue weighted by Crippen LogP contribution is 2.36. The van der Waals surface area contributed by atoms with Crippen molar-refractivity contribution in [3.05, 3.63) is 55.9 Å². The molecular weight excluding hydrogens is 501 g/mol. The number of aromatic nitrogens is 6. The van der Waals surface area contributed by atoms with E-state index in [9.17, 15) is 18.0 Å². The van der Waals surface area contributed by atoms with E-state index in [0.29, 0.717) is 15.8 Å². The molecule has 4 aromatic rings. The predicted octanol–water partition coefficient (Wildman–Crippen LogP) is 3.79. The molecule has 1 atom stereocenters. The van der Waals surface area contributed by atoms with Crippen molar-refractivity contribution in [2.24, 2.45) is 0 Å². The van der Waals surface area contributed by atoms with Crippen molar-refractivity contribution in [3.8, 4) is 11.2 Å². The monoisotopic (exact) mass is 510 g/mol. The Kier molecular flexibility index (Phi) is 5.23. The minimum absolute atomic E-state index is 0.0514. The molecule has 14 heteroatoms. The summed E-state index contributed by atoms with van der Waals surface area (Å²) < 4.78 is 41.3. The molecule has 0 saturated carbocycles. The van der Waals surface area contributed by atoms with Gasteiger partial charge in [-0.05, 0) is 35.0 Å². The molecule has 3 aromatic heterocycles. The van der Waals surface area contributed by atoms with E-state index in [0.717, 1.165) is 23.5 Å². The van der Waals surface area contributed by atoms with Crippen LogP contribution in [-0.4, -0.2) is 29.7 Å². The first-order valence-corrected chi connectivity index (χ1v) is 10.1. The summed E-state index contributed by atoms with van der Waals surface area (Å²) in [5.41, 5.74) is -1.46. The third-order valence-electron chi connectivity index (χ3n) is 4.22. The van der Waals surface area contributed by atoms with Crippen LogP contribution in [0.4, 0.5) is 19.0 Å². The zero-order valence-corrected chi connectivity index (χ0v) is 17.8. The molecule has 0 saturated heterocycles. The molecule has 0 fully saturated rings. The molecule has 0 aliphatic heterocycles. The largest absolute Gasteiger partial charge is 0.416 e. The van der Waals surface area contributed by atoms with Crippen molar-refractivity contribution in [1.29, 1.82) is 5.26 Å². The molecule has 3 heterocycles. The van der Waals surface area contributed by atoms with E-state index >= 15 is 0 Å². The Labute approximate surface area is 183 Å². The molecule has 31 heavy (non-hydrogen) atoms. The Morgan fingerprint density at radius 3 is 2.81 bits per heavy atom. The van der Waals surface area contributed by atoms with E-state index < -0.39 is 23.5 Å². The van der Waals surface area contributed by atoms with Gasteiger partial charge in [0.2, 0.25) is 5.13 Å². The number of nitrogens with one attached hydrogen (secondary N) is 2. The maximum atomic E-state index is 13.3. The van der Waals surface area contributed by atoms with E-state index in [1.165, 1.54) is 17.2 Å². The molecule has 0 spiro atoms. The first kappa shape index (κ1) is 20.9. The van der Waals surface area contributed by atoms with E-state index in [1.807, 2.05) is 6.07 Å². The van der Waals surface area contributed by atoms with Gasteiger partial charge in [-0.2, -0.15) is 33.2 Å². The number of aromatic amines is 1. The first-order valence-electron chi connectivity index (χ1n) is 8.51. The number of nitrogens with zero attached hydrogens (tertiary/aromatic N) is 6. The van der Waals surface area contributed by atoms with Gasteiger partial charge < -0.3 is 10.3 Å². The summed E-state index contributed by atoms with van der Waals surface area (Å²) in [7, 11) is 0. The number of fused-ring (bicyclic) bond motifs is 1. The number of benzene rings is 1. The molecular formula is C17H10BrF3N8OS. The van der Waals surface area contributed by atoms with Crippen LogP contribution in [0.2, 0.25) is 0 Å². The quantitative estimate of drug-likeness (QED) is 0.427. The molecule has 0 amide bonds. The van der Waals surface area contributed by atoms with Crippen LogP contribution < -0.4 is 11.0 Å². The molecule has 0 radical (unpaired) electrons. The average molecular weight is 511 g/mol.